The minimum Gasteiger partial charge on any atom is -0.451 e. The quantitative estimate of drug-likeness (QED) is 0.750. The van der Waals surface area contributed by atoms with Gasteiger partial charge in [0, 0.05) is 17.1 Å². The van der Waals surface area contributed by atoms with Crippen LogP contribution in [0.15, 0.2) is 59.0 Å². The van der Waals surface area contributed by atoms with Gasteiger partial charge in [0.15, 0.2) is 5.76 Å². The number of carbonyl (C=O) groups is 2. The van der Waals surface area contributed by atoms with Gasteiger partial charge in [-0.1, -0.05) is 30.3 Å². The molecule has 1 aromatic heterocycles. The normalized spacial score (nSPS) is 13.6. The Balaban J connectivity index is 1.39. The number of hydrogen-bond donors (Lipinski definition) is 2. The number of rotatable bonds is 5. The van der Waals surface area contributed by atoms with Crippen LogP contribution in [0.4, 0.5) is 5.69 Å². The second-order valence-corrected chi connectivity index (χ2v) is 6.32. The van der Waals surface area contributed by atoms with Gasteiger partial charge < -0.3 is 15.1 Å². The van der Waals surface area contributed by atoms with E-state index < -0.39 is 0 Å². The highest BCUT2D eigenvalue weighted by molar-refractivity contribution is 6.04. The molecular weight excluding hydrogens is 316 g/mol. The van der Waals surface area contributed by atoms with Crippen LogP contribution in [-0.4, -0.2) is 17.9 Å². The molecule has 0 spiro atoms. The Morgan fingerprint density at radius 2 is 1.80 bits per heavy atom. The topological polar surface area (TPSA) is 71.3 Å². The lowest BCUT2D eigenvalue weighted by Gasteiger charge is -2.06. The van der Waals surface area contributed by atoms with Crippen LogP contribution in [0.25, 0.3) is 11.0 Å². The molecule has 126 valence electrons. The second-order valence-electron chi connectivity index (χ2n) is 6.32. The highest BCUT2D eigenvalue weighted by atomic mass is 16.3. The SMILES string of the molecule is O=C(Cc1ccc(NC(=O)c2cc3ccccc3o2)cc1)NC1CC1. The lowest BCUT2D eigenvalue weighted by atomic mass is 10.1. The Morgan fingerprint density at radius 1 is 1.04 bits per heavy atom. The molecule has 4 rings (SSSR count). The summed E-state index contributed by atoms with van der Waals surface area (Å²) < 4.78 is 5.56. The fraction of sp³-hybridized carbons (Fsp3) is 0.200. The molecule has 0 aliphatic heterocycles. The molecule has 25 heavy (non-hydrogen) atoms. The predicted molar refractivity (Wildman–Crippen MR) is 95.5 cm³/mol. The van der Waals surface area contributed by atoms with Crippen LogP contribution >= 0.6 is 0 Å². The van der Waals surface area contributed by atoms with Crippen LogP contribution in [-0.2, 0) is 11.2 Å². The van der Waals surface area contributed by atoms with E-state index in [1.807, 2.05) is 36.4 Å². The van der Waals surface area contributed by atoms with Gasteiger partial charge >= 0.3 is 0 Å². The molecule has 0 atom stereocenters. The van der Waals surface area contributed by atoms with Crippen molar-refractivity contribution in [1.29, 1.82) is 0 Å². The molecule has 0 unspecified atom stereocenters. The maximum absolute atomic E-state index is 12.3. The van der Waals surface area contributed by atoms with Gasteiger partial charge in [-0.25, -0.2) is 0 Å². The van der Waals surface area contributed by atoms with Gasteiger partial charge in [0.25, 0.3) is 5.91 Å². The smallest absolute Gasteiger partial charge is 0.291 e. The number of anilines is 1. The summed E-state index contributed by atoms with van der Waals surface area (Å²) >= 11 is 0. The first-order chi connectivity index (χ1) is 12.2. The summed E-state index contributed by atoms with van der Waals surface area (Å²) in [7, 11) is 0. The Hall–Kier alpha value is -3.08. The van der Waals surface area contributed by atoms with E-state index in [1.54, 1.807) is 18.2 Å². The standard InChI is InChI=1S/C20H18N2O3/c23-19(21-15-9-10-15)11-13-5-7-16(8-6-13)22-20(24)18-12-14-3-1-2-4-17(14)25-18/h1-8,12,15H,9-11H2,(H,21,23)(H,22,24). The zero-order valence-corrected chi connectivity index (χ0v) is 13.6. The number of para-hydroxylation sites is 1. The minimum absolute atomic E-state index is 0.0431. The third kappa shape index (κ3) is 3.71. The van der Waals surface area contributed by atoms with Gasteiger partial charge in [-0.15, -0.1) is 0 Å². The molecule has 1 aliphatic carbocycles. The molecule has 0 saturated heterocycles. The van der Waals surface area contributed by atoms with Crippen LogP contribution in [0.5, 0.6) is 0 Å². The molecule has 1 saturated carbocycles. The average molecular weight is 334 g/mol. The molecule has 1 aliphatic rings. The van der Waals surface area contributed by atoms with Crippen LogP contribution in [0.3, 0.4) is 0 Å². The maximum atomic E-state index is 12.3. The second kappa shape index (κ2) is 6.43. The van der Waals surface area contributed by atoms with E-state index in [0.29, 0.717) is 23.7 Å². The van der Waals surface area contributed by atoms with Gasteiger partial charge in [0.05, 0.1) is 6.42 Å². The molecule has 0 bridgehead atoms. The van der Waals surface area contributed by atoms with Crippen molar-refractivity contribution in [3.8, 4) is 0 Å². The fourth-order valence-corrected chi connectivity index (χ4v) is 2.68. The number of furan rings is 1. The third-order valence-corrected chi connectivity index (χ3v) is 4.17. The number of nitrogens with one attached hydrogen (secondary N) is 2. The van der Waals surface area contributed by atoms with Gasteiger partial charge in [-0.3, -0.25) is 9.59 Å². The van der Waals surface area contributed by atoms with Crippen LogP contribution < -0.4 is 10.6 Å². The van der Waals surface area contributed by atoms with Crippen LogP contribution in [0.2, 0.25) is 0 Å². The summed E-state index contributed by atoms with van der Waals surface area (Å²) in [5, 5.41) is 6.66. The number of carbonyl (C=O) groups excluding carboxylic acids is 2. The van der Waals surface area contributed by atoms with Crippen molar-refractivity contribution in [2.45, 2.75) is 25.3 Å². The van der Waals surface area contributed by atoms with E-state index in [9.17, 15) is 9.59 Å². The minimum atomic E-state index is -0.296. The summed E-state index contributed by atoms with van der Waals surface area (Å²) in [5.74, 6) is 0.0195. The zero-order chi connectivity index (χ0) is 17.2. The molecule has 5 nitrogen and oxygen atoms in total. The molecule has 2 aromatic carbocycles. The number of benzene rings is 2. The van der Waals surface area contributed by atoms with Crippen molar-refractivity contribution in [3.63, 3.8) is 0 Å². The molecule has 0 radical (unpaired) electrons. The molecular formula is C20H18N2O3. The number of amides is 2. The van der Waals surface area contributed by atoms with E-state index >= 15 is 0 Å². The Morgan fingerprint density at radius 3 is 2.52 bits per heavy atom. The van der Waals surface area contributed by atoms with Gasteiger partial charge in [-0.05, 0) is 42.7 Å². The summed E-state index contributed by atoms with van der Waals surface area (Å²) in [6.45, 7) is 0. The van der Waals surface area contributed by atoms with Crippen molar-refractivity contribution in [3.05, 3.63) is 65.9 Å². The van der Waals surface area contributed by atoms with E-state index in [0.717, 1.165) is 23.8 Å². The lowest BCUT2D eigenvalue weighted by molar-refractivity contribution is -0.120. The first kappa shape index (κ1) is 15.4. The van der Waals surface area contributed by atoms with E-state index in [1.165, 1.54) is 0 Å². The average Bonchev–Trinajstić information content (AvgIpc) is 3.30. The monoisotopic (exact) mass is 334 g/mol. The highest BCUT2D eigenvalue weighted by Crippen LogP contribution is 2.21. The van der Waals surface area contributed by atoms with Crippen LogP contribution in [0, 0.1) is 0 Å². The molecule has 2 N–H and O–H groups in total. The first-order valence-corrected chi connectivity index (χ1v) is 8.35. The van der Waals surface area contributed by atoms with Crippen molar-refractivity contribution in [2.75, 3.05) is 5.32 Å². The predicted octanol–water partition coefficient (Wildman–Crippen LogP) is 3.51. The number of fused-ring (bicyclic) bond motifs is 1. The lowest BCUT2D eigenvalue weighted by Crippen LogP contribution is -2.26. The van der Waals surface area contributed by atoms with E-state index in [-0.39, 0.29) is 17.6 Å². The maximum Gasteiger partial charge on any atom is 0.291 e. The number of hydrogen-bond acceptors (Lipinski definition) is 3. The molecule has 5 heteroatoms. The molecule has 1 fully saturated rings. The Labute approximate surface area is 145 Å². The summed E-state index contributed by atoms with van der Waals surface area (Å²) in [5.41, 5.74) is 2.27. The van der Waals surface area contributed by atoms with E-state index in [2.05, 4.69) is 10.6 Å². The Kier molecular flexibility index (Phi) is 3.98. The summed E-state index contributed by atoms with van der Waals surface area (Å²) in [4.78, 5) is 24.1. The van der Waals surface area contributed by atoms with Crippen molar-refractivity contribution in [1.82, 2.24) is 5.32 Å². The van der Waals surface area contributed by atoms with Crippen molar-refractivity contribution < 1.29 is 14.0 Å². The van der Waals surface area contributed by atoms with Gasteiger partial charge in [0.2, 0.25) is 5.91 Å². The summed E-state index contributed by atoms with van der Waals surface area (Å²) in [6.07, 6.45) is 2.52. The highest BCUT2D eigenvalue weighted by Gasteiger charge is 2.23. The molecule has 1 heterocycles. The van der Waals surface area contributed by atoms with E-state index in [4.69, 9.17) is 4.42 Å². The van der Waals surface area contributed by atoms with Gasteiger partial charge in [-0.2, -0.15) is 0 Å². The first-order valence-electron chi connectivity index (χ1n) is 8.35. The van der Waals surface area contributed by atoms with Gasteiger partial charge in [0.1, 0.15) is 5.58 Å². The van der Waals surface area contributed by atoms with Crippen molar-refractivity contribution >= 4 is 28.5 Å². The zero-order valence-electron chi connectivity index (χ0n) is 13.6. The fourth-order valence-electron chi connectivity index (χ4n) is 2.68. The summed E-state index contributed by atoms with van der Waals surface area (Å²) in [6, 6.07) is 16.9. The molecule has 3 aromatic rings. The third-order valence-electron chi connectivity index (χ3n) is 4.17. The van der Waals surface area contributed by atoms with Crippen molar-refractivity contribution in [2.24, 2.45) is 0 Å². The molecule has 2 amide bonds. The van der Waals surface area contributed by atoms with Crippen LogP contribution in [0.1, 0.15) is 29.0 Å². The Bertz CT molecular complexity index is 891. The largest absolute Gasteiger partial charge is 0.451 e.